The van der Waals surface area contributed by atoms with Gasteiger partial charge in [0.2, 0.25) is 0 Å². The first-order valence-corrected chi connectivity index (χ1v) is 8.91. The van der Waals surface area contributed by atoms with Crippen LogP contribution >= 0.6 is 0 Å². The Morgan fingerprint density at radius 3 is 2.79 bits per heavy atom. The maximum Gasteiger partial charge on any atom is 0.325 e. The average molecular weight is 388 g/mol. The van der Waals surface area contributed by atoms with Crippen LogP contribution in [0.25, 0.3) is 16.9 Å². The van der Waals surface area contributed by atoms with Crippen molar-refractivity contribution in [2.24, 2.45) is 0 Å². The number of halogens is 1. The van der Waals surface area contributed by atoms with E-state index in [1.165, 1.54) is 12.3 Å². The molecule has 1 saturated carbocycles. The lowest BCUT2D eigenvalue weighted by atomic mass is 10.0. The van der Waals surface area contributed by atoms with Gasteiger partial charge in [-0.25, -0.2) is 18.7 Å². The van der Waals surface area contributed by atoms with Gasteiger partial charge in [0.15, 0.2) is 5.65 Å². The fraction of sp³-hybridized carbons (Fsp3) is 0.150. The summed E-state index contributed by atoms with van der Waals surface area (Å²) in [7, 11) is 0. The number of nitrogens with zero attached hydrogens (tertiary/aromatic N) is 4. The predicted octanol–water partition coefficient (Wildman–Crippen LogP) is 2.05. The third kappa shape index (κ3) is 2.82. The van der Waals surface area contributed by atoms with E-state index in [0.717, 1.165) is 12.0 Å². The van der Waals surface area contributed by atoms with Gasteiger partial charge in [-0.05, 0) is 42.0 Å². The fourth-order valence-electron chi connectivity index (χ4n) is 3.73. The molecule has 2 atom stereocenters. The average Bonchev–Trinajstić information content (AvgIpc) is 3.34. The zero-order valence-corrected chi connectivity index (χ0v) is 14.9. The van der Waals surface area contributed by atoms with E-state index in [9.17, 15) is 14.0 Å². The number of aromatic nitrogens is 5. The predicted molar refractivity (Wildman–Crippen MR) is 101 cm³/mol. The number of aromatic amines is 2. The maximum atomic E-state index is 14.4. The zero-order valence-electron chi connectivity index (χ0n) is 14.9. The molecule has 5 rings (SSSR count). The molecule has 0 unspecified atom stereocenters. The van der Waals surface area contributed by atoms with Crippen molar-refractivity contribution in [3.8, 4) is 17.3 Å². The van der Waals surface area contributed by atoms with Crippen molar-refractivity contribution < 1.29 is 4.39 Å². The Morgan fingerprint density at radius 2 is 2.03 bits per heavy atom. The Balaban J connectivity index is 1.59. The number of nitrogens with one attached hydrogen (secondary N) is 2. The molecule has 4 aromatic rings. The Bertz CT molecular complexity index is 1430. The topological polar surface area (TPSA) is 120 Å². The number of hydrogen-bond acceptors (Lipinski definition) is 5. The minimum Gasteiger partial charge on any atom is -0.313 e. The van der Waals surface area contributed by atoms with E-state index in [1.807, 2.05) is 6.07 Å². The largest absolute Gasteiger partial charge is 0.325 e. The number of fused-ring (bicyclic) bond motifs is 1. The van der Waals surface area contributed by atoms with Crippen LogP contribution in [0.15, 0.2) is 52.4 Å². The van der Waals surface area contributed by atoms with Gasteiger partial charge in [-0.15, -0.1) is 0 Å². The molecule has 0 saturated heterocycles. The number of nitriles is 1. The van der Waals surface area contributed by atoms with E-state index in [-0.39, 0.29) is 23.0 Å². The molecule has 29 heavy (non-hydrogen) atoms. The summed E-state index contributed by atoms with van der Waals surface area (Å²) in [6.45, 7) is 0. The molecule has 1 aromatic carbocycles. The van der Waals surface area contributed by atoms with Gasteiger partial charge >= 0.3 is 5.69 Å². The molecule has 1 aliphatic rings. The second-order valence-corrected chi connectivity index (χ2v) is 6.96. The van der Waals surface area contributed by atoms with Gasteiger partial charge in [0.05, 0.1) is 22.9 Å². The molecule has 8 nitrogen and oxygen atoms in total. The molecule has 3 aromatic heterocycles. The van der Waals surface area contributed by atoms with Crippen molar-refractivity contribution in [3.63, 3.8) is 0 Å². The lowest BCUT2D eigenvalue weighted by Gasteiger charge is -2.08. The second-order valence-electron chi connectivity index (χ2n) is 6.96. The van der Waals surface area contributed by atoms with Crippen LogP contribution in [0, 0.1) is 17.1 Å². The summed E-state index contributed by atoms with van der Waals surface area (Å²) in [6, 6.07) is 8.20. The normalized spacial score (nSPS) is 17.9. The summed E-state index contributed by atoms with van der Waals surface area (Å²) in [6.07, 6.45) is 5.31. The van der Waals surface area contributed by atoms with E-state index >= 15 is 0 Å². The highest BCUT2D eigenvalue weighted by Crippen LogP contribution is 2.56. The number of rotatable bonds is 3. The summed E-state index contributed by atoms with van der Waals surface area (Å²) < 4.78 is 16.0. The van der Waals surface area contributed by atoms with Crippen molar-refractivity contribution >= 4 is 5.65 Å². The zero-order chi connectivity index (χ0) is 20.1. The first kappa shape index (κ1) is 17.1. The van der Waals surface area contributed by atoms with Crippen LogP contribution < -0.4 is 11.2 Å². The van der Waals surface area contributed by atoms with Gasteiger partial charge in [-0.2, -0.15) is 10.4 Å². The quantitative estimate of drug-likeness (QED) is 0.557. The van der Waals surface area contributed by atoms with Crippen LogP contribution in [0.5, 0.6) is 0 Å². The minimum atomic E-state index is -0.596. The molecule has 0 radical (unpaired) electrons. The molecule has 0 spiro atoms. The SMILES string of the molecule is N#Cc1ccc([C@H]2C[C@@H]2c2cc(-c3c[nH]c(=O)[nH]c3=O)nn3ccnc23)c(F)c1. The molecular weight excluding hydrogens is 375 g/mol. The van der Waals surface area contributed by atoms with Gasteiger partial charge in [0.1, 0.15) is 5.82 Å². The van der Waals surface area contributed by atoms with Gasteiger partial charge in [0, 0.05) is 24.2 Å². The molecule has 9 heteroatoms. The van der Waals surface area contributed by atoms with E-state index in [1.54, 1.807) is 35.1 Å². The van der Waals surface area contributed by atoms with E-state index in [4.69, 9.17) is 5.26 Å². The van der Waals surface area contributed by atoms with E-state index in [0.29, 0.717) is 16.9 Å². The molecule has 142 valence electrons. The summed E-state index contributed by atoms with van der Waals surface area (Å²) in [5, 5.41) is 13.3. The standard InChI is InChI=1S/C20H13FN6O2/c21-16-5-10(8-22)1-2-11(16)12-6-13(12)14-7-17(26-27-4-3-23-18(14)27)15-9-24-20(29)25-19(15)28/h1-5,7,9,12-13H,6H2,(H2,24,25,28,29)/t12-,13+/m1/s1. The number of H-pyrrole nitrogens is 2. The minimum absolute atomic E-state index is 0.00549. The number of hydrogen-bond donors (Lipinski definition) is 2. The summed E-state index contributed by atoms with van der Waals surface area (Å²) in [4.78, 5) is 32.5. The molecular formula is C20H13FN6O2. The van der Waals surface area contributed by atoms with Crippen LogP contribution in [0.2, 0.25) is 0 Å². The lowest BCUT2D eigenvalue weighted by Crippen LogP contribution is -2.23. The maximum absolute atomic E-state index is 14.4. The van der Waals surface area contributed by atoms with Crippen molar-refractivity contribution in [1.29, 1.82) is 5.26 Å². The number of imidazole rings is 1. The molecule has 1 fully saturated rings. The third-order valence-electron chi connectivity index (χ3n) is 5.20. The first-order valence-electron chi connectivity index (χ1n) is 8.91. The highest BCUT2D eigenvalue weighted by molar-refractivity contribution is 5.63. The molecule has 0 amide bonds. The highest BCUT2D eigenvalue weighted by Gasteiger charge is 2.42. The van der Waals surface area contributed by atoms with Gasteiger partial charge in [-0.3, -0.25) is 9.78 Å². The van der Waals surface area contributed by atoms with Gasteiger partial charge in [-0.1, -0.05) is 6.07 Å². The Kier molecular flexibility index (Phi) is 3.67. The second kappa shape index (κ2) is 6.24. The smallest absolute Gasteiger partial charge is 0.313 e. The Morgan fingerprint density at radius 1 is 1.21 bits per heavy atom. The van der Waals surface area contributed by atoms with E-state index in [2.05, 4.69) is 20.1 Å². The molecule has 0 aliphatic heterocycles. The van der Waals surface area contributed by atoms with Crippen molar-refractivity contribution in [1.82, 2.24) is 24.6 Å². The van der Waals surface area contributed by atoms with Crippen LogP contribution in [0.1, 0.15) is 34.9 Å². The van der Waals surface area contributed by atoms with Crippen LogP contribution in [-0.4, -0.2) is 24.6 Å². The lowest BCUT2D eigenvalue weighted by molar-refractivity contribution is 0.609. The molecule has 3 heterocycles. The van der Waals surface area contributed by atoms with Gasteiger partial charge in [0.25, 0.3) is 5.56 Å². The fourth-order valence-corrected chi connectivity index (χ4v) is 3.73. The van der Waals surface area contributed by atoms with Crippen LogP contribution in [-0.2, 0) is 0 Å². The first-order chi connectivity index (χ1) is 14.0. The van der Waals surface area contributed by atoms with Crippen molar-refractivity contribution in [2.45, 2.75) is 18.3 Å². The van der Waals surface area contributed by atoms with Crippen molar-refractivity contribution in [3.05, 3.63) is 86.2 Å². The summed E-state index contributed by atoms with van der Waals surface area (Å²) in [5.41, 5.74) is 1.78. The summed E-state index contributed by atoms with van der Waals surface area (Å²) >= 11 is 0. The highest BCUT2D eigenvalue weighted by atomic mass is 19.1. The molecule has 0 bridgehead atoms. The van der Waals surface area contributed by atoms with Crippen molar-refractivity contribution in [2.75, 3.05) is 0 Å². The Labute approximate surface area is 162 Å². The van der Waals surface area contributed by atoms with E-state index < -0.39 is 17.1 Å². The number of benzene rings is 1. The van der Waals surface area contributed by atoms with Gasteiger partial charge < -0.3 is 4.98 Å². The Hall–Kier alpha value is -4.06. The molecule has 2 N–H and O–H groups in total. The van der Waals surface area contributed by atoms with Crippen LogP contribution in [0.3, 0.4) is 0 Å². The third-order valence-corrected chi connectivity index (χ3v) is 5.20. The van der Waals surface area contributed by atoms with Crippen LogP contribution in [0.4, 0.5) is 4.39 Å². The monoisotopic (exact) mass is 388 g/mol. The molecule has 1 aliphatic carbocycles. The summed E-state index contributed by atoms with van der Waals surface area (Å²) in [5.74, 6) is -0.444.